The topological polar surface area (TPSA) is 68.3 Å². The van der Waals surface area contributed by atoms with Crippen molar-refractivity contribution in [2.75, 3.05) is 37.7 Å². The second-order valence-corrected chi connectivity index (χ2v) is 7.21. The third kappa shape index (κ3) is 3.73. The van der Waals surface area contributed by atoms with Gasteiger partial charge in [0, 0.05) is 0 Å². The van der Waals surface area contributed by atoms with Crippen LogP contribution in [-0.4, -0.2) is 39.7 Å². The van der Waals surface area contributed by atoms with Crippen molar-refractivity contribution in [1.29, 1.82) is 0 Å². The molecule has 1 aliphatic heterocycles. The van der Waals surface area contributed by atoms with E-state index in [0.29, 0.717) is 34.2 Å². The van der Waals surface area contributed by atoms with Crippen molar-refractivity contribution in [3.63, 3.8) is 0 Å². The summed E-state index contributed by atoms with van der Waals surface area (Å²) in [5.74, 6) is 1.21. The molecule has 0 N–H and O–H groups in total. The normalized spacial score (nSPS) is 16.2. The highest BCUT2D eigenvalue weighted by Crippen LogP contribution is 2.40. The summed E-state index contributed by atoms with van der Waals surface area (Å²) in [5.41, 5.74) is 1.75. The van der Waals surface area contributed by atoms with E-state index in [2.05, 4.69) is 0 Å². The third-order valence-electron chi connectivity index (χ3n) is 5.47. The number of hydrogen-bond acceptors (Lipinski definition) is 5. The summed E-state index contributed by atoms with van der Waals surface area (Å²) in [6, 6.07) is 20.6. The number of ether oxygens (including phenoxy) is 3. The molecule has 1 heterocycles. The largest absolute Gasteiger partial charge is 0.497 e. The number of amides is 2. The quantitative estimate of drug-likeness (QED) is 0.592. The summed E-state index contributed by atoms with van der Waals surface area (Å²) in [4.78, 5) is 30.4. The van der Waals surface area contributed by atoms with Crippen LogP contribution in [0.3, 0.4) is 0 Å². The van der Waals surface area contributed by atoms with Gasteiger partial charge in [0.15, 0.2) is 0 Å². The van der Waals surface area contributed by atoms with Gasteiger partial charge >= 0.3 is 0 Å². The van der Waals surface area contributed by atoms with Crippen LogP contribution in [0.1, 0.15) is 11.6 Å². The summed E-state index contributed by atoms with van der Waals surface area (Å²) in [5, 5.41) is 0. The van der Waals surface area contributed by atoms with Gasteiger partial charge in [0.05, 0.1) is 32.7 Å². The zero-order valence-corrected chi connectivity index (χ0v) is 18.1. The molecule has 3 aromatic rings. The van der Waals surface area contributed by atoms with Crippen LogP contribution in [0.25, 0.3) is 0 Å². The molecular formula is C25H24N2O5. The predicted molar refractivity (Wildman–Crippen MR) is 122 cm³/mol. The zero-order valence-electron chi connectivity index (χ0n) is 18.1. The predicted octanol–water partition coefficient (Wildman–Crippen LogP) is 3.83. The molecule has 7 heteroatoms. The molecule has 164 valence electrons. The highest BCUT2D eigenvalue weighted by molar-refractivity contribution is 6.15. The lowest BCUT2D eigenvalue weighted by Crippen LogP contribution is -2.56. The van der Waals surface area contributed by atoms with Gasteiger partial charge in [0.25, 0.3) is 5.91 Å². The third-order valence-corrected chi connectivity index (χ3v) is 5.47. The van der Waals surface area contributed by atoms with Gasteiger partial charge < -0.3 is 14.2 Å². The molecular weight excluding hydrogens is 408 g/mol. The fraction of sp³-hybridized carbons (Fsp3) is 0.200. The Labute approximate surface area is 186 Å². The Morgan fingerprint density at radius 3 is 1.88 bits per heavy atom. The molecule has 1 aliphatic rings. The molecule has 0 bridgehead atoms. The van der Waals surface area contributed by atoms with E-state index in [-0.39, 0.29) is 18.4 Å². The van der Waals surface area contributed by atoms with Crippen LogP contribution in [0.5, 0.6) is 17.2 Å². The molecule has 4 rings (SSSR count). The number of para-hydroxylation sites is 4. The fourth-order valence-electron chi connectivity index (χ4n) is 3.93. The molecule has 1 fully saturated rings. The van der Waals surface area contributed by atoms with E-state index < -0.39 is 6.04 Å². The lowest BCUT2D eigenvalue weighted by Gasteiger charge is -2.41. The van der Waals surface area contributed by atoms with Gasteiger partial charge in [-0.25, -0.2) is 0 Å². The summed E-state index contributed by atoms with van der Waals surface area (Å²) in [6.45, 7) is -0.121. The monoisotopic (exact) mass is 432 g/mol. The van der Waals surface area contributed by atoms with Gasteiger partial charge in [0.2, 0.25) is 5.91 Å². The van der Waals surface area contributed by atoms with Gasteiger partial charge in [-0.3, -0.25) is 19.4 Å². The standard InChI is InChI=1S/C25H24N2O5/c1-30-18-14-12-17(13-15-18)24-25(29)26(19-8-4-6-10-21(19)31-2)16-23(28)27(24)20-9-5-7-11-22(20)32-3/h4-15,24H,16H2,1-3H3. The summed E-state index contributed by atoms with van der Waals surface area (Å²) < 4.78 is 16.2. The number of piperazine rings is 1. The van der Waals surface area contributed by atoms with Crippen LogP contribution in [0.2, 0.25) is 0 Å². The lowest BCUT2D eigenvalue weighted by molar-refractivity contribution is -0.128. The Bertz CT molecular complexity index is 1130. The lowest BCUT2D eigenvalue weighted by atomic mass is 9.99. The molecule has 1 atom stereocenters. The summed E-state index contributed by atoms with van der Waals surface area (Å²) in [7, 11) is 4.66. The van der Waals surface area contributed by atoms with Gasteiger partial charge in [-0.15, -0.1) is 0 Å². The highest BCUT2D eigenvalue weighted by atomic mass is 16.5. The average molecular weight is 432 g/mol. The van der Waals surface area contributed by atoms with Gasteiger partial charge in [0.1, 0.15) is 29.8 Å². The van der Waals surface area contributed by atoms with Crippen LogP contribution < -0.4 is 24.0 Å². The number of rotatable bonds is 6. The van der Waals surface area contributed by atoms with E-state index >= 15 is 0 Å². The first-order valence-electron chi connectivity index (χ1n) is 10.1. The number of methoxy groups -OCH3 is 3. The van der Waals surface area contributed by atoms with E-state index in [1.807, 2.05) is 24.3 Å². The highest BCUT2D eigenvalue weighted by Gasteiger charge is 2.43. The van der Waals surface area contributed by atoms with Crippen molar-refractivity contribution in [2.45, 2.75) is 6.04 Å². The SMILES string of the molecule is COc1ccc(C2C(=O)N(c3ccccc3OC)CC(=O)N2c2ccccc2OC)cc1. The van der Waals surface area contributed by atoms with Crippen LogP contribution in [0.15, 0.2) is 72.8 Å². The first kappa shape index (κ1) is 21.2. The minimum Gasteiger partial charge on any atom is -0.497 e. The molecule has 2 amide bonds. The van der Waals surface area contributed by atoms with E-state index in [1.54, 1.807) is 62.8 Å². The maximum absolute atomic E-state index is 13.9. The van der Waals surface area contributed by atoms with Crippen molar-refractivity contribution in [3.8, 4) is 17.2 Å². The van der Waals surface area contributed by atoms with Crippen LogP contribution >= 0.6 is 0 Å². The number of nitrogens with zero attached hydrogens (tertiary/aromatic N) is 2. The van der Waals surface area contributed by atoms with Crippen molar-refractivity contribution < 1.29 is 23.8 Å². The van der Waals surface area contributed by atoms with E-state index in [4.69, 9.17) is 14.2 Å². The Morgan fingerprint density at radius 2 is 1.28 bits per heavy atom. The number of anilines is 2. The van der Waals surface area contributed by atoms with Crippen molar-refractivity contribution >= 4 is 23.2 Å². The van der Waals surface area contributed by atoms with Gasteiger partial charge in [-0.2, -0.15) is 0 Å². The molecule has 7 nitrogen and oxygen atoms in total. The number of carbonyl (C=O) groups excluding carboxylic acids is 2. The molecule has 32 heavy (non-hydrogen) atoms. The second-order valence-electron chi connectivity index (χ2n) is 7.21. The van der Waals surface area contributed by atoms with Gasteiger partial charge in [-0.1, -0.05) is 36.4 Å². The van der Waals surface area contributed by atoms with Crippen molar-refractivity contribution in [2.24, 2.45) is 0 Å². The van der Waals surface area contributed by atoms with Crippen LogP contribution in [0.4, 0.5) is 11.4 Å². The Balaban J connectivity index is 1.85. The molecule has 0 radical (unpaired) electrons. The molecule has 3 aromatic carbocycles. The van der Waals surface area contributed by atoms with Crippen molar-refractivity contribution in [3.05, 3.63) is 78.4 Å². The van der Waals surface area contributed by atoms with Crippen molar-refractivity contribution in [1.82, 2.24) is 0 Å². The molecule has 0 aliphatic carbocycles. The Hall–Kier alpha value is -4.00. The molecule has 0 aromatic heterocycles. The van der Waals surface area contributed by atoms with E-state index in [1.165, 1.54) is 16.9 Å². The average Bonchev–Trinajstić information content (AvgIpc) is 2.85. The second kappa shape index (κ2) is 9.01. The van der Waals surface area contributed by atoms with Crippen LogP contribution in [-0.2, 0) is 9.59 Å². The van der Waals surface area contributed by atoms with E-state index in [9.17, 15) is 9.59 Å². The first-order chi connectivity index (χ1) is 15.6. The Morgan fingerprint density at radius 1 is 0.719 bits per heavy atom. The maximum Gasteiger partial charge on any atom is 0.255 e. The molecule has 1 saturated heterocycles. The Kier molecular flexibility index (Phi) is 5.98. The summed E-state index contributed by atoms with van der Waals surface area (Å²) >= 11 is 0. The zero-order chi connectivity index (χ0) is 22.7. The smallest absolute Gasteiger partial charge is 0.255 e. The summed E-state index contributed by atoms with van der Waals surface area (Å²) in [6.07, 6.45) is 0. The number of carbonyl (C=O) groups is 2. The van der Waals surface area contributed by atoms with Crippen LogP contribution in [0, 0.1) is 0 Å². The number of benzene rings is 3. The fourth-order valence-corrected chi connectivity index (χ4v) is 3.93. The minimum absolute atomic E-state index is 0.121. The maximum atomic E-state index is 13.9. The molecule has 0 saturated carbocycles. The minimum atomic E-state index is -0.886. The molecule has 0 spiro atoms. The number of hydrogen-bond donors (Lipinski definition) is 0. The molecule has 1 unspecified atom stereocenters. The first-order valence-corrected chi connectivity index (χ1v) is 10.1. The van der Waals surface area contributed by atoms with E-state index in [0.717, 1.165) is 0 Å². The van der Waals surface area contributed by atoms with Gasteiger partial charge in [-0.05, 0) is 42.0 Å².